The monoisotopic (exact) mass is 334 g/mol. The van der Waals surface area contributed by atoms with Gasteiger partial charge in [-0.1, -0.05) is 20.8 Å². The lowest BCUT2D eigenvalue weighted by Gasteiger charge is -2.41. The first kappa shape index (κ1) is 17.0. The molecule has 2 aliphatic heterocycles. The lowest BCUT2D eigenvalue weighted by molar-refractivity contribution is -0.144. The van der Waals surface area contributed by atoms with Gasteiger partial charge in [0.25, 0.3) is 0 Å². The van der Waals surface area contributed by atoms with E-state index in [1.807, 2.05) is 0 Å². The first-order valence-corrected chi connectivity index (χ1v) is 8.50. The van der Waals surface area contributed by atoms with E-state index < -0.39 is 17.4 Å². The lowest BCUT2D eigenvalue weighted by Crippen LogP contribution is -2.55. The maximum Gasteiger partial charge on any atom is 0.309 e. The van der Waals surface area contributed by atoms with Crippen molar-refractivity contribution in [1.29, 1.82) is 0 Å². The van der Waals surface area contributed by atoms with Crippen molar-refractivity contribution in [3.05, 3.63) is 17.5 Å². The van der Waals surface area contributed by atoms with Crippen molar-refractivity contribution >= 4 is 11.9 Å². The zero-order chi connectivity index (χ0) is 17.5. The largest absolute Gasteiger partial charge is 0.481 e. The summed E-state index contributed by atoms with van der Waals surface area (Å²) in [4.78, 5) is 25.5. The zero-order valence-electron chi connectivity index (χ0n) is 14.6. The van der Waals surface area contributed by atoms with Gasteiger partial charge in [0.1, 0.15) is 0 Å². The fraction of sp³-hybridized carbons (Fsp3) is 0.706. The third-order valence-corrected chi connectivity index (χ3v) is 5.28. The van der Waals surface area contributed by atoms with Crippen LogP contribution in [-0.2, 0) is 21.5 Å². The molecule has 0 bridgehead atoms. The molecule has 0 aliphatic carbocycles. The number of piperidine rings is 1. The molecule has 1 amide bonds. The molecule has 1 aromatic heterocycles. The molecule has 1 spiro atoms. The molecular formula is C17H26N4O3. The summed E-state index contributed by atoms with van der Waals surface area (Å²) in [5.41, 5.74) is 1.56. The van der Waals surface area contributed by atoms with Crippen molar-refractivity contribution in [1.82, 2.24) is 20.4 Å². The Morgan fingerprint density at radius 1 is 1.42 bits per heavy atom. The minimum Gasteiger partial charge on any atom is -0.481 e. The van der Waals surface area contributed by atoms with E-state index in [9.17, 15) is 14.7 Å². The summed E-state index contributed by atoms with van der Waals surface area (Å²) in [6, 6.07) is 2.10. The number of aliphatic carboxylic acids is 1. The van der Waals surface area contributed by atoms with Gasteiger partial charge in [-0.15, -0.1) is 0 Å². The van der Waals surface area contributed by atoms with E-state index in [4.69, 9.17) is 0 Å². The molecule has 3 N–H and O–H groups in total. The quantitative estimate of drug-likeness (QED) is 0.773. The van der Waals surface area contributed by atoms with Gasteiger partial charge < -0.3 is 10.4 Å². The maximum atomic E-state index is 11.7. The zero-order valence-corrected chi connectivity index (χ0v) is 14.6. The van der Waals surface area contributed by atoms with Crippen LogP contribution in [0.5, 0.6) is 0 Å². The summed E-state index contributed by atoms with van der Waals surface area (Å²) >= 11 is 0. The maximum absolute atomic E-state index is 11.7. The molecule has 0 saturated carbocycles. The van der Waals surface area contributed by atoms with Gasteiger partial charge in [-0.3, -0.25) is 19.6 Å². The second-order valence-corrected chi connectivity index (χ2v) is 8.10. The number of carboxylic acid groups (broad SMARTS) is 1. The number of H-pyrrole nitrogens is 1. The number of aromatic nitrogens is 2. The predicted molar refractivity (Wildman–Crippen MR) is 88.4 cm³/mol. The van der Waals surface area contributed by atoms with Crippen LogP contribution in [-0.4, -0.2) is 50.7 Å². The van der Waals surface area contributed by atoms with Gasteiger partial charge in [0.05, 0.1) is 17.2 Å². The van der Waals surface area contributed by atoms with E-state index in [1.54, 1.807) is 0 Å². The van der Waals surface area contributed by atoms with Crippen molar-refractivity contribution in [2.45, 2.75) is 57.5 Å². The fourth-order valence-electron chi connectivity index (χ4n) is 3.77. The minimum atomic E-state index is -0.870. The predicted octanol–water partition coefficient (Wildman–Crippen LogP) is 1.26. The second kappa shape index (κ2) is 5.88. The molecule has 2 fully saturated rings. The number of nitrogens with zero attached hydrogens (tertiary/aromatic N) is 2. The summed E-state index contributed by atoms with van der Waals surface area (Å²) in [5.74, 6) is -1.61. The van der Waals surface area contributed by atoms with Gasteiger partial charge >= 0.3 is 5.97 Å². The number of hydrogen-bond donors (Lipinski definition) is 3. The smallest absolute Gasteiger partial charge is 0.309 e. The average Bonchev–Trinajstić information content (AvgIpc) is 3.06. The number of hydrogen-bond acceptors (Lipinski definition) is 4. The molecule has 3 heterocycles. The van der Waals surface area contributed by atoms with Crippen molar-refractivity contribution in [2.24, 2.45) is 5.92 Å². The van der Waals surface area contributed by atoms with E-state index in [2.05, 4.69) is 47.3 Å². The number of carbonyl (C=O) groups excluding carboxylic acids is 1. The molecule has 7 heteroatoms. The third-order valence-electron chi connectivity index (χ3n) is 5.28. The summed E-state index contributed by atoms with van der Waals surface area (Å²) < 4.78 is 0. The summed E-state index contributed by atoms with van der Waals surface area (Å²) in [5, 5.41) is 19.8. The van der Waals surface area contributed by atoms with Gasteiger partial charge in [-0.2, -0.15) is 5.10 Å². The molecule has 24 heavy (non-hydrogen) atoms. The van der Waals surface area contributed by atoms with Gasteiger partial charge in [-0.25, -0.2) is 0 Å². The molecule has 0 unspecified atom stereocenters. The standard InChI is InChI=1S/C17H26N4O3/c1-16(2,3)13-8-11(19-20-13)10-21-6-4-17(5-7-21)12(15(23)24)9-14(22)18-17/h8,12H,4-7,9-10H2,1-3H3,(H,18,22)(H,19,20)(H,23,24)/t12-/m0/s1. The normalized spacial score (nSPS) is 24.3. The lowest BCUT2D eigenvalue weighted by atomic mass is 9.77. The van der Waals surface area contributed by atoms with Crippen LogP contribution in [0.4, 0.5) is 0 Å². The van der Waals surface area contributed by atoms with Crippen molar-refractivity contribution in [3.8, 4) is 0 Å². The van der Waals surface area contributed by atoms with Crippen LogP contribution in [0.1, 0.15) is 51.4 Å². The molecule has 2 saturated heterocycles. The second-order valence-electron chi connectivity index (χ2n) is 8.10. The number of carbonyl (C=O) groups is 2. The molecule has 0 aromatic carbocycles. The van der Waals surface area contributed by atoms with Crippen molar-refractivity contribution in [3.63, 3.8) is 0 Å². The van der Waals surface area contributed by atoms with E-state index in [1.165, 1.54) is 0 Å². The van der Waals surface area contributed by atoms with Crippen LogP contribution in [0.15, 0.2) is 6.07 Å². The minimum absolute atomic E-state index is 0.0174. The molecule has 3 rings (SSSR count). The SMILES string of the molecule is CC(C)(C)c1cc(CN2CCC3(CC2)NC(=O)C[C@H]3C(=O)O)[nH]n1. The molecule has 1 atom stereocenters. The van der Waals surface area contributed by atoms with E-state index in [0.717, 1.165) is 31.0 Å². The van der Waals surface area contributed by atoms with Crippen LogP contribution < -0.4 is 5.32 Å². The Labute approximate surface area is 141 Å². The third kappa shape index (κ3) is 3.17. The highest BCUT2D eigenvalue weighted by Gasteiger charge is 2.51. The Kier molecular flexibility index (Phi) is 4.15. The number of rotatable bonds is 3. The first-order chi connectivity index (χ1) is 11.2. The van der Waals surface area contributed by atoms with Gasteiger partial charge in [0.15, 0.2) is 0 Å². The number of aromatic amines is 1. The Morgan fingerprint density at radius 2 is 2.08 bits per heavy atom. The van der Waals surface area contributed by atoms with Crippen molar-refractivity contribution in [2.75, 3.05) is 13.1 Å². The molecule has 132 valence electrons. The summed E-state index contributed by atoms with van der Waals surface area (Å²) in [6.45, 7) is 8.71. The molecular weight excluding hydrogens is 308 g/mol. The van der Waals surface area contributed by atoms with Gasteiger partial charge in [0.2, 0.25) is 5.91 Å². The van der Waals surface area contributed by atoms with Crippen LogP contribution in [0.25, 0.3) is 0 Å². The topological polar surface area (TPSA) is 98.3 Å². The van der Waals surface area contributed by atoms with E-state index in [-0.39, 0.29) is 17.7 Å². The fourth-order valence-corrected chi connectivity index (χ4v) is 3.77. The van der Waals surface area contributed by atoms with E-state index in [0.29, 0.717) is 12.8 Å². The summed E-state index contributed by atoms with van der Waals surface area (Å²) in [6.07, 6.45) is 1.46. The Hall–Kier alpha value is -1.89. The van der Waals surface area contributed by atoms with Crippen LogP contribution in [0.2, 0.25) is 0 Å². The van der Waals surface area contributed by atoms with Crippen LogP contribution in [0.3, 0.4) is 0 Å². The van der Waals surface area contributed by atoms with E-state index >= 15 is 0 Å². The molecule has 1 aromatic rings. The Balaban J connectivity index is 1.62. The molecule has 2 aliphatic rings. The first-order valence-electron chi connectivity index (χ1n) is 8.50. The van der Waals surface area contributed by atoms with Gasteiger partial charge in [0, 0.05) is 37.2 Å². The number of carboxylic acids is 1. The Bertz CT molecular complexity index is 639. The Morgan fingerprint density at radius 3 is 2.62 bits per heavy atom. The highest BCUT2D eigenvalue weighted by atomic mass is 16.4. The van der Waals surface area contributed by atoms with Crippen LogP contribution in [0, 0.1) is 5.92 Å². The molecule has 0 radical (unpaired) electrons. The highest BCUT2D eigenvalue weighted by Crippen LogP contribution is 2.37. The van der Waals surface area contributed by atoms with Crippen LogP contribution >= 0.6 is 0 Å². The average molecular weight is 334 g/mol. The number of amides is 1. The number of likely N-dealkylation sites (tertiary alicyclic amines) is 1. The number of nitrogens with one attached hydrogen (secondary N) is 2. The summed E-state index contributed by atoms with van der Waals surface area (Å²) in [7, 11) is 0. The highest BCUT2D eigenvalue weighted by molar-refractivity contribution is 5.88. The molecule has 7 nitrogen and oxygen atoms in total. The van der Waals surface area contributed by atoms with Gasteiger partial charge in [-0.05, 0) is 18.9 Å². The van der Waals surface area contributed by atoms with Crippen molar-refractivity contribution < 1.29 is 14.7 Å².